The lowest BCUT2D eigenvalue weighted by Gasteiger charge is -2.24. The van der Waals surface area contributed by atoms with Crippen molar-refractivity contribution in [2.24, 2.45) is 0 Å². The summed E-state index contributed by atoms with van der Waals surface area (Å²) in [5, 5.41) is 0. The van der Waals surface area contributed by atoms with Crippen LogP contribution in [0, 0.1) is 0 Å². The second-order valence-corrected chi connectivity index (χ2v) is 8.52. The van der Waals surface area contributed by atoms with Crippen molar-refractivity contribution in [3.8, 4) is 11.5 Å². The summed E-state index contributed by atoms with van der Waals surface area (Å²) in [7, 11) is 2.01. The van der Waals surface area contributed by atoms with Gasteiger partial charge in [-0.2, -0.15) is 0 Å². The molecule has 3 unspecified atom stereocenters. The summed E-state index contributed by atoms with van der Waals surface area (Å²) in [5.74, 6) is 1.42. The number of hydrogen-bond acceptors (Lipinski definition) is 5. The van der Waals surface area contributed by atoms with Crippen LogP contribution in [0.4, 0.5) is 4.79 Å². The van der Waals surface area contributed by atoms with E-state index in [1.165, 1.54) is 11.8 Å². The molecule has 1 aliphatic carbocycles. The zero-order valence-electron chi connectivity index (χ0n) is 18.6. The monoisotopic (exact) mass is 413 g/mol. The highest BCUT2D eigenvalue weighted by Crippen LogP contribution is 2.43. The molecule has 1 aliphatic heterocycles. The smallest absolute Gasteiger partial charge is 0.465 e. The molecule has 3 atom stereocenters. The van der Waals surface area contributed by atoms with Gasteiger partial charge in [0.25, 0.3) is 0 Å². The van der Waals surface area contributed by atoms with E-state index in [9.17, 15) is 4.79 Å². The molecule has 30 heavy (non-hydrogen) atoms. The summed E-state index contributed by atoms with van der Waals surface area (Å²) in [6.45, 7) is 9.40. The minimum Gasteiger partial charge on any atom is -0.465 e. The molecule has 0 bridgehead atoms. The normalized spacial score (nSPS) is 22.8. The molecular formula is C25H35NO4. The number of unbranched alkanes of at least 4 members (excludes halogenated alkanes) is 2. The minimum absolute atomic E-state index is 0.149. The van der Waals surface area contributed by atoms with Crippen molar-refractivity contribution in [3.63, 3.8) is 0 Å². The third-order valence-electron chi connectivity index (χ3n) is 5.96. The van der Waals surface area contributed by atoms with E-state index in [-0.39, 0.29) is 5.92 Å². The van der Waals surface area contributed by atoms with Crippen molar-refractivity contribution in [2.75, 3.05) is 20.2 Å². The highest BCUT2D eigenvalue weighted by molar-refractivity contribution is 5.66. The maximum Gasteiger partial charge on any atom is 0.513 e. The second kappa shape index (κ2) is 10.7. The van der Waals surface area contributed by atoms with Crippen LogP contribution in [0.5, 0.6) is 11.5 Å². The van der Waals surface area contributed by atoms with Gasteiger partial charge in [0, 0.05) is 18.0 Å². The summed E-state index contributed by atoms with van der Waals surface area (Å²) in [4.78, 5) is 14.6. The van der Waals surface area contributed by atoms with E-state index in [1.807, 2.05) is 13.1 Å². The predicted molar refractivity (Wildman–Crippen MR) is 119 cm³/mol. The molecule has 0 radical (unpaired) electrons. The Bertz CT molecular complexity index is 786. The van der Waals surface area contributed by atoms with Crippen LogP contribution < -0.4 is 9.47 Å². The SMILES string of the molecule is C=COc1cc(CCCCC)cc(OC(=O)OCC2CN2C)c1C1C=C(C)CCC1. The van der Waals surface area contributed by atoms with Gasteiger partial charge in [-0.05, 0) is 63.8 Å². The van der Waals surface area contributed by atoms with E-state index >= 15 is 0 Å². The molecule has 3 rings (SSSR count). The number of carbonyl (C=O) groups is 1. The van der Waals surface area contributed by atoms with Crippen LogP contribution in [0.15, 0.2) is 36.6 Å². The fourth-order valence-corrected chi connectivity index (χ4v) is 4.10. The molecule has 1 fully saturated rings. The first kappa shape index (κ1) is 22.4. The van der Waals surface area contributed by atoms with E-state index in [0.29, 0.717) is 18.4 Å². The molecule has 0 spiro atoms. The summed E-state index contributed by atoms with van der Waals surface area (Å²) in [5.41, 5.74) is 3.37. The topological polar surface area (TPSA) is 47.8 Å². The Morgan fingerprint density at radius 1 is 1.30 bits per heavy atom. The molecule has 5 heteroatoms. The van der Waals surface area contributed by atoms with E-state index in [2.05, 4.69) is 37.5 Å². The summed E-state index contributed by atoms with van der Waals surface area (Å²) < 4.78 is 16.9. The molecule has 0 N–H and O–H groups in total. The van der Waals surface area contributed by atoms with Crippen molar-refractivity contribution in [1.29, 1.82) is 0 Å². The van der Waals surface area contributed by atoms with E-state index < -0.39 is 6.16 Å². The molecule has 1 heterocycles. The molecule has 1 aromatic rings. The Morgan fingerprint density at radius 2 is 2.07 bits per heavy atom. The zero-order valence-corrected chi connectivity index (χ0v) is 18.6. The lowest BCUT2D eigenvalue weighted by molar-refractivity contribution is 0.0965. The second-order valence-electron chi connectivity index (χ2n) is 8.52. The van der Waals surface area contributed by atoms with Gasteiger partial charge in [0.15, 0.2) is 0 Å². The molecular weight excluding hydrogens is 378 g/mol. The van der Waals surface area contributed by atoms with Gasteiger partial charge in [-0.1, -0.05) is 38.0 Å². The average molecular weight is 414 g/mol. The third-order valence-corrected chi connectivity index (χ3v) is 5.96. The molecule has 0 aromatic heterocycles. The number of hydrogen-bond donors (Lipinski definition) is 0. The lowest BCUT2D eigenvalue weighted by atomic mass is 9.84. The summed E-state index contributed by atoms with van der Waals surface area (Å²) in [6.07, 6.45) is 10.6. The van der Waals surface area contributed by atoms with Crippen LogP contribution in [0.2, 0.25) is 0 Å². The van der Waals surface area contributed by atoms with Gasteiger partial charge in [-0.25, -0.2) is 4.79 Å². The van der Waals surface area contributed by atoms with E-state index in [0.717, 1.165) is 68.4 Å². The fraction of sp³-hybridized carbons (Fsp3) is 0.560. The first-order valence-electron chi connectivity index (χ1n) is 11.2. The summed E-state index contributed by atoms with van der Waals surface area (Å²) >= 11 is 0. The Balaban J connectivity index is 1.88. The van der Waals surface area contributed by atoms with Crippen molar-refractivity contribution >= 4 is 6.16 Å². The van der Waals surface area contributed by atoms with E-state index in [4.69, 9.17) is 14.2 Å². The number of aryl methyl sites for hydroxylation is 1. The van der Waals surface area contributed by atoms with Gasteiger partial charge in [0.05, 0.1) is 12.3 Å². The van der Waals surface area contributed by atoms with Crippen LogP contribution in [-0.2, 0) is 11.2 Å². The Labute approximate surface area is 180 Å². The largest absolute Gasteiger partial charge is 0.513 e. The van der Waals surface area contributed by atoms with Gasteiger partial charge in [-0.3, -0.25) is 4.90 Å². The highest BCUT2D eigenvalue weighted by atomic mass is 16.7. The Morgan fingerprint density at radius 3 is 2.73 bits per heavy atom. The number of nitrogens with zero attached hydrogens (tertiary/aromatic N) is 1. The van der Waals surface area contributed by atoms with Crippen molar-refractivity contribution in [1.82, 2.24) is 4.90 Å². The van der Waals surface area contributed by atoms with Gasteiger partial charge in [-0.15, -0.1) is 0 Å². The lowest BCUT2D eigenvalue weighted by Crippen LogP contribution is -2.17. The molecule has 5 nitrogen and oxygen atoms in total. The quantitative estimate of drug-likeness (QED) is 0.118. The first-order valence-corrected chi connectivity index (χ1v) is 11.2. The molecule has 1 saturated heterocycles. The van der Waals surface area contributed by atoms with Gasteiger partial charge in [0.1, 0.15) is 18.1 Å². The number of ether oxygens (including phenoxy) is 3. The first-order chi connectivity index (χ1) is 14.5. The van der Waals surface area contributed by atoms with Crippen molar-refractivity contribution < 1.29 is 19.0 Å². The van der Waals surface area contributed by atoms with Crippen LogP contribution in [0.25, 0.3) is 0 Å². The molecule has 0 amide bonds. The zero-order chi connectivity index (χ0) is 21.5. The third kappa shape index (κ3) is 6.11. The molecule has 164 valence electrons. The number of allylic oxidation sites excluding steroid dienone is 2. The van der Waals surface area contributed by atoms with E-state index in [1.54, 1.807) is 0 Å². The number of likely N-dealkylation sites (N-methyl/N-ethyl adjacent to an activating group) is 1. The number of rotatable bonds is 10. The van der Waals surface area contributed by atoms with Crippen LogP contribution in [0.3, 0.4) is 0 Å². The maximum absolute atomic E-state index is 12.5. The van der Waals surface area contributed by atoms with Crippen molar-refractivity contribution in [2.45, 2.75) is 70.8 Å². The number of benzene rings is 1. The summed E-state index contributed by atoms with van der Waals surface area (Å²) in [6, 6.07) is 4.37. The Kier molecular flexibility index (Phi) is 7.97. The fourth-order valence-electron chi connectivity index (χ4n) is 4.10. The van der Waals surface area contributed by atoms with Crippen LogP contribution in [-0.4, -0.2) is 37.3 Å². The average Bonchev–Trinajstić information content (AvgIpc) is 3.42. The van der Waals surface area contributed by atoms with Gasteiger partial charge >= 0.3 is 6.16 Å². The van der Waals surface area contributed by atoms with Crippen molar-refractivity contribution in [3.05, 3.63) is 47.7 Å². The molecule has 1 aromatic carbocycles. The Hall–Kier alpha value is -2.27. The van der Waals surface area contributed by atoms with Crippen LogP contribution >= 0.6 is 0 Å². The highest BCUT2D eigenvalue weighted by Gasteiger charge is 2.31. The van der Waals surface area contributed by atoms with Gasteiger partial charge < -0.3 is 14.2 Å². The standard InChI is InChI=1S/C25H35NO4/c1-5-7-8-11-19-14-22(28-6-2)24(20-12-9-10-18(3)13-20)23(15-19)30-25(27)29-17-21-16-26(21)4/h6,13-15,20-21H,2,5,7-12,16-17H2,1,3-4H3. The van der Waals surface area contributed by atoms with Gasteiger partial charge in [0.2, 0.25) is 0 Å². The van der Waals surface area contributed by atoms with Crippen LogP contribution in [0.1, 0.15) is 69.4 Å². The predicted octanol–water partition coefficient (Wildman–Crippen LogP) is 5.98. The number of carbonyl (C=O) groups excluding carboxylic acids is 1. The maximum atomic E-state index is 12.5. The molecule has 0 saturated carbocycles. The minimum atomic E-state index is -0.650. The molecule has 2 aliphatic rings.